The van der Waals surface area contributed by atoms with Crippen molar-refractivity contribution < 1.29 is 19.0 Å². The Labute approximate surface area is 205 Å². The van der Waals surface area contributed by atoms with Gasteiger partial charge in [-0.15, -0.1) is 0 Å². The summed E-state index contributed by atoms with van der Waals surface area (Å²) in [6.07, 6.45) is 8.27. The molecule has 0 bridgehead atoms. The Bertz CT molecular complexity index is 1080. The molecule has 9 heteroatoms. The lowest BCUT2D eigenvalue weighted by molar-refractivity contribution is -0.120. The molecule has 1 amide bonds. The summed E-state index contributed by atoms with van der Waals surface area (Å²) < 4.78 is 17.6. The van der Waals surface area contributed by atoms with Crippen LogP contribution in [0.15, 0.2) is 33.7 Å². The fourth-order valence-electron chi connectivity index (χ4n) is 4.04. The molecule has 3 rings (SSSR count). The zero-order chi connectivity index (χ0) is 24.5. The van der Waals surface area contributed by atoms with Gasteiger partial charge in [-0.05, 0) is 44.6 Å². The van der Waals surface area contributed by atoms with E-state index < -0.39 is 0 Å². The Balaban J connectivity index is 2.00. The fourth-order valence-corrected chi connectivity index (χ4v) is 5.11. The minimum absolute atomic E-state index is 0.0900. The first-order valence-electron chi connectivity index (χ1n) is 11.8. The molecule has 0 saturated carbocycles. The van der Waals surface area contributed by atoms with Crippen molar-refractivity contribution in [3.63, 3.8) is 0 Å². The Hall–Kier alpha value is -2.52. The van der Waals surface area contributed by atoms with E-state index >= 15 is 0 Å². The number of allylic oxidation sites excluding steroid dienone is 2. The van der Waals surface area contributed by atoms with Crippen LogP contribution in [0.3, 0.4) is 0 Å². The van der Waals surface area contributed by atoms with E-state index in [-0.39, 0.29) is 16.7 Å². The summed E-state index contributed by atoms with van der Waals surface area (Å²) in [5.74, 6) is 0.903. The van der Waals surface area contributed by atoms with E-state index in [4.69, 9.17) is 19.2 Å². The van der Waals surface area contributed by atoms with Gasteiger partial charge in [-0.25, -0.2) is 4.98 Å². The summed E-state index contributed by atoms with van der Waals surface area (Å²) >= 11 is 1.33. The first-order chi connectivity index (χ1) is 16.5. The number of rotatable bonds is 12. The van der Waals surface area contributed by atoms with Crippen LogP contribution in [0.4, 0.5) is 0 Å². The molecule has 2 aromatic rings. The number of carbonyl (C=O) groups excluding carboxylic acids is 1. The number of nitrogens with zero attached hydrogens (tertiary/aromatic N) is 2. The van der Waals surface area contributed by atoms with E-state index in [0.29, 0.717) is 53.7 Å². The number of nitrogens with one attached hydrogen (secondary N) is 1. The van der Waals surface area contributed by atoms with Gasteiger partial charge in [-0.1, -0.05) is 30.3 Å². The summed E-state index contributed by atoms with van der Waals surface area (Å²) in [6.45, 7) is 3.36. The molecule has 1 aliphatic carbocycles. The highest BCUT2D eigenvalue weighted by Crippen LogP contribution is 2.32. The lowest BCUT2D eigenvalue weighted by atomic mass is 9.97. The van der Waals surface area contributed by atoms with Gasteiger partial charge in [0.2, 0.25) is 5.91 Å². The Morgan fingerprint density at radius 3 is 2.62 bits per heavy atom. The maximum absolute atomic E-state index is 13.6. The number of amides is 1. The molecular weight excluding hydrogens is 454 g/mol. The Kier molecular flexibility index (Phi) is 9.83. The molecule has 0 radical (unpaired) electrons. The second-order valence-electron chi connectivity index (χ2n) is 8.23. The minimum atomic E-state index is -0.374. The maximum Gasteiger partial charge on any atom is 0.262 e. The quantitative estimate of drug-likeness (QED) is 0.209. The molecule has 0 fully saturated rings. The van der Waals surface area contributed by atoms with Crippen LogP contribution in [0.5, 0.6) is 11.5 Å². The maximum atomic E-state index is 13.6. The predicted octanol–water partition coefficient (Wildman–Crippen LogP) is 3.94. The number of benzene rings is 1. The monoisotopic (exact) mass is 489 g/mol. The van der Waals surface area contributed by atoms with Crippen LogP contribution in [-0.2, 0) is 16.1 Å². The summed E-state index contributed by atoms with van der Waals surface area (Å²) in [5.41, 5.74) is 1.76. The Morgan fingerprint density at radius 1 is 1.21 bits per heavy atom. The van der Waals surface area contributed by atoms with E-state index in [0.717, 1.165) is 19.3 Å². The Morgan fingerprint density at radius 2 is 1.97 bits per heavy atom. The number of methoxy groups -OCH3 is 3. The van der Waals surface area contributed by atoms with Crippen LogP contribution < -0.4 is 20.3 Å². The molecule has 1 aromatic heterocycles. The number of thioether (sulfide) groups is 1. The lowest BCUT2D eigenvalue weighted by Crippen LogP contribution is -2.35. The van der Waals surface area contributed by atoms with Crippen molar-refractivity contribution in [3.05, 3.63) is 34.1 Å². The molecule has 0 saturated heterocycles. The third kappa shape index (κ3) is 6.33. The van der Waals surface area contributed by atoms with E-state index in [1.54, 1.807) is 38.0 Å². The minimum Gasteiger partial charge on any atom is -0.493 e. The van der Waals surface area contributed by atoms with Gasteiger partial charge in [0.15, 0.2) is 16.7 Å². The normalized spacial score (nSPS) is 14.5. The van der Waals surface area contributed by atoms with Gasteiger partial charge in [0.05, 0.1) is 37.0 Å². The van der Waals surface area contributed by atoms with Crippen molar-refractivity contribution in [1.82, 2.24) is 14.9 Å². The van der Waals surface area contributed by atoms with E-state index in [9.17, 15) is 9.59 Å². The van der Waals surface area contributed by atoms with E-state index in [2.05, 4.69) is 11.4 Å². The number of ether oxygens (including phenoxy) is 3. The number of aromatic nitrogens is 2. The largest absolute Gasteiger partial charge is 0.493 e. The average molecular weight is 490 g/mol. The number of carbonyl (C=O) groups is 1. The van der Waals surface area contributed by atoms with E-state index in [1.807, 2.05) is 6.92 Å². The zero-order valence-electron chi connectivity index (χ0n) is 20.5. The van der Waals surface area contributed by atoms with Gasteiger partial charge < -0.3 is 19.5 Å². The molecule has 1 unspecified atom stereocenters. The average Bonchev–Trinajstić information content (AvgIpc) is 2.86. The second kappa shape index (κ2) is 12.8. The van der Waals surface area contributed by atoms with Crippen LogP contribution in [-0.4, -0.2) is 55.2 Å². The molecule has 1 aromatic carbocycles. The van der Waals surface area contributed by atoms with Crippen molar-refractivity contribution in [2.75, 3.05) is 34.5 Å². The van der Waals surface area contributed by atoms with Gasteiger partial charge in [0.1, 0.15) is 0 Å². The molecule has 186 valence electrons. The molecule has 8 nitrogen and oxygen atoms in total. The SMILES string of the molecule is CCC(Sc1nc2cc(OC)c(OC)cc2c(=O)n1CCC1=CCCCC1)C(=O)NCCOC. The van der Waals surface area contributed by atoms with Gasteiger partial charge >= 0.3 is 0 Å². The standard InChI is InChI=1S/C25H35N3O5S/c1-5-22(23(29)26-12-14-31-2)34-25-27-19-16-21(33-4)20(32-3)15-18(19)24(30)28(25)13-11-17-9-7-6-8-10-17/h9,15-16,22H,5-8,10-14H2,1-4H3,(H,26,29). The van der Waals surface area contributed by atoms with Gasteiger partial charge in [-0.2, -0.15) is 0 Å². The van der Waals surface area contributed by atoms with Crippen molar-refractivity contribution in [2.45, 2.75) is 62.4 Å². The molecule has 0 spiro atoms. The molecule has 1 N–H and O–H groups in total. The molecule has 1 aliphatic rings. The third-order valence-corrected chi connectivity index (χ3v) is 7.34. The summed E-state index contributed by atoms with van der Waals surface area (Å²) in [6, 6.07) is 3.40. The van der Waals surface area contributed by atoms with Crippen molar-refractivity contribution >= 4 is 28.6 Å². The summed E-state index contributed by atoms with van der Waals surface area (Å²) in [4.78, 5) is 31.2. The first kappa shape index (κ1) is 26.1. The van der Waals surface area contributed by atoms with Gasteiger partial charge in [0, 0.05) is 26.3 Å². The van der Waals surface area contributed by atoms with Crippen molar-refractivity contribution in [1.29, 1.82) is 0 Å². The number of hydrogen-bond acceptors (Lipinski definition) is 7. The fraction of sp³-hybridized carbons (Fsp3) is 0.560. The second-order valence-corrected chi connectivity index (χ2v) is 9.40. The first-order valence-corrected chi connectivity index (χ1v) is 12.7. The van der Waals surface area contributed by atoms with Gasteiger partial charge in [-0.3, -0.25) is 14.2 Å². The topological polar surface area (TPSA) is 91.7 Å². The molecule has 0 aliphatic heterocycles. The van der Waals surface area contributed by atoms with Crippen molar-refractivity contribution in [3.8, 4) is 11.5 Å². The lowest BCUT2D eigenvalue weighted by Gasteiger charge is -2.19. The van der Waals surface area contributed by atoms with Crippen LogP contribution >= 0.6 is 11.8 Å². The smallest absolute Gasteiger partial charge is 0.262 e. The highest BCUT2D eigenvalue weighted by Gasteiger charge is 2.23. The van der Waals surface area contributed by atoms with Crippen LogP contribution in [0, 0.1) is 0 Å². The van der Waals surface area contributed by atoms with Crippen LogP contribution in [0.2, 0.25) is 0 Å². The molecule has 1 heterocycles. The van der Waals surface area contributed by atoms with E-state index in [1.165, 1.54) is 30.2 Å². The highest BCUT2D eigenvalue weighted by molar-refractivity contribution is 8.00. The number of fused-ring (bicyclic) bond motifs is 1. The van der Waals surface area contributed by atoms with Crippen LogP contribution in [0.25, 0.3) is 10.9 Å². The number of hydrogen-bond donors (Lipinski definition) is 1. The molecule has 1 atom stereocenters. The zero-order valence-corrected chi connectivity index (χ0v) is 21.3. The van der Waals surface area contributed by atoms with Crippen LogP contribution in [0.1, 0.15) is 45.4 Å². The molecule has 34 heavy (non-hydrogen) atoms. The molecular formula is C25H35N3O5S. The third-order valence-electron chi connectivity index (χ3n) is 5.98. The van der Waals surface area contributed by atoms with Crippen molar-refractivity contribution in [2.24, 2.45) is 0 Å². The summed E-state index contributed by atoms with van der Waals surface area (Å²) in [5, 5.41) is 3.53. The summed E-state index contributed by atoms with van der Waals surface area (Å²) in [7, 11) is 4.69. The predicted molar refractivity (Wildman–Crippen MR) is 135 cm³/mol. The highest BCUT2D eigenvalue weighted by atomic mass is 32.2. The van der Waals surface area contributed by atoms with Gasteiger partial charge in [0.25, 0.3) is 5.56 Å².